The molecular formula is C18H22Zr. The molecular weight excluding hydrogens is 307 g/mol. The molecule has 4 unspecified atom stereocenters. The average molecular weight is 330 g/mol. The zero-order valence-corrected chi connectivity index (χ0v) is 14.0. The van der Waals surface area contributed by atoms with Crippen molar-refractivity contribution in [3.8, 4) is 0 Å². The van der Waals surface area contributed by atoms with E-state index in [4.69, 9.17) is 0 Å². The molecule has 0 radical (unpaired) electrons. The van der Waals surface area contributed by atoms with E-state index < -0.39 is 0 Å². The molecule has 0 nitrogen and oxygen atoms in total. The van der Waals surface area contributed by atoms with Gasteiger partial charge in [-0.3, -0.25) is 0 Å². The van der Waals surface area contributed by atoms with Gasteiger partial charge in [-0.15, -0.1) is 0 Å². The second-order valence-electron chi connectivity index (χ2n) is 6.48. The number of hydrogen-bond acceptors (Lipinski definition) is 0. The van der Waals surface area contributed by atoms with Crippen LogP contribution in [0.4, 0.5) is 0 Å². The topological polar surface area (TPSA) is 0 Å². The third-order valence-electron chi connectivity index (χ3n) is 5.45. The Hall–Kier alpha value is -0.157. The van der Waals surface area contributed by atoms with Gasteiger partial charge in [-0.1, -0.05) is 0 Å². The summed E-state index contributed by atoms with van der Waals surface area (Å²) < 4.78 is 2.13. The summed E-state index contributed by atoms with van der Waals surface area (Å²) in [4.78, 5) is 0. The number of hydrogen-bond donors (Lipinski definition) is 0. The SMILES string of the molecule is C1=CCC2CC[CH]([Zr][CH]3CCC4CC=CC=C43)C2=C1. The summed E-state index contributed by atoms with van der Waals surface area (Å²) in [6.07, 6.45) is 23.0. The summed E-state index contributed by atoms with van der Waals surface area (Å²) in [6, 6.07) is 0. The molecule has 0 aliphatic heterocycles. The molecule has 0 N–H and O–H groups in total. The maximum atomic E-state index is 2.48. The van der Waals surface area contributed by atoms with Crippen LogP contribution >= 0.6 is 0 Å². The third-order valence-corrected chi connectivity index (χ3v) is 10.5. The van der Waals surface area contributed by atoms with Crippen LogP contribution in [-0.2, 0) is 23.2 Å². The van der Waals surface area contributed by atoms with Gasteiger partial charge in [0.2, 0.25) is 0 Å². The maximum absolute atomic E-state index is 2.48. The van der Waals surface area contributed by atoms with Crippen LogP contribution in [-0.4, -0.2) is 0 Å². The Morgan fingerprint density at radius 1 is 0.737 bits per heavy atom. The Bertz CT molecular complexity index is 436. The quantitative estimate of drug-likeness (QED) is 0.650. The fraction of sp³-hybridized carbons (Fsp3) is 0.556. The number of allylic oxidation sites excluding steroid dienone is 8. The van der Waals surface area contributed by atoms with Crippen molar-refractivity contribution in [1.82, 2.24) is 0 Å². The second-order valence-corrected chi connectivity index (χ2v) is 10.7. The van der Waals surface area contributed by atoms with Gasteiger partial charge < -0.3 is 0 Å². The Labute approximate surface area is 128 Å². The predicted molar refractivity (Wildman–Crippen MR) is 76.6 cm³/mol. The van der Waals surface area contributed by atoms with E-state index >= 15 is 0 Å². The number of fused-ring (bicyclic) bond motifs is 2. The molecule has 0 aromatic rings. The second kappa shape index (κ2) is 5.32. The van der Waals surface area contributed by atoms with Gasteiger partial charge in [0.25, 0.3) is 0 Å². The molecule has 0 amide bonds. The first-order chi connectivity index (χ1) is 9.42. The van der Waals surface area contributed by atoms with Crippen LogP contribution in [0, 0.1) is 11.8 Å². The van der Waals surface area contributed by atoms with Gasteiger partial charge in [0, 0.05) is 0 Å². The van der Waals surface area contributed by atoms with E-state index in [0.29, 0.717) is 0 Å². The molecule has 0 aromatic heterocycles. The molecule has 1 heteroatoms. The van der Waals surface area contributed by atoms with Crippen LogP contribution in [0.5, 0.6) is 0 Å². The van der Waals surface area contributed by atoms with Crippen LogP contribution in [0.1, 0.15) is 38.5 Å². The molecule has 0 bridgehead atoms. The van der Waals surface area contributed by atoms with E-state index in [-0.39, 0.29) is 23.2 Å². The van der Waals surface area contributed by atoms with E-state index in [1.807, 2.05) is 11.1 Å². The predicted octanol–water partition coefficient (Wildman–Crippen LogP) is 5.24. The fourth-order valence-electron chi connectivity index (χ4n) is 4.43. The van der Waals surface area contributed by atoms with Crippen molar-refractivity contribution in [2.24, 2.45) is 11.8 Å². The van der Waals surface area contributed by atoms with E-state index in [9.17, 15) is 0 Å². The van der Waals surface area contributed by atoms with Crippen molar-refractivity contribution in [2.75, 3.05) is 0 Å². The van der Waals surface area contributed by atoms with Crippen molar-refractivity contribution >= 4 is 0 Å². The summed E-state index contributed by atoms with van der Waals surface area (Å²) in [6.45, 7) is 0. The normalized spacial score (nSPS) is 39.6. The van der Waals surface area contributed by atoms with E-state index in [1.54, 1.807) is 0 Å². The van der Waals surface area contributed by atoms with Crippen molar-refractivity contribution < 1.29 is 23.2 Å². The van der Waals surface area contributed by atoms with Gasteiger partial charge in [0.05, 0.1) is 0 Å². The molecule has 0 aromatic carbocycles. The zero-order chi connectivity index (χ0) is 12.7. The van der Waals surface area contributed by atoms with E-state index in [0.717, 1.165) is 19.1 Å². The van der Waals surface area contributed by atoms with Crippen LogP contribution < -0.4 is 0 Å². The van der Waals surface area contributed by atoms with Crippen molar-refractivity contribution in [2.45, 2.75) is 45.8 Å². The summed E-state index contributed by atoms with van der Waals surface area (Å²) in [5, 5.41) is 0. The molecule has 4 aliphatic rings. The fourth-order valence-corrected chi connectivity index (χ4v) is 9.84. The Balaban J connectivity index is 1.50. The average Bonchev–Trinajstić information content (AvgIpc) is 3.05. The van der Waals surface area contributed by atoms with Crippen molar-refractivity contribution in [1.29, 1.82) is 0 Å². The molecule has 4 aliphatic carbocycles. The molecule has 2 fully saturated rings. The molecule has 0 spiro atoms. The first kappa shape index (κ1) is 12.6. The van der Waals surface area contributed by atoms with E-state index in [1.165, 1.54) is 38.5 Å². The summed E-state index contributed by atoms with van der Waals surface area (Å²) >= 11 is -0.287. The first-order valence-corrected chi connectivity index (χ1v) is 10.7. The van der Waals surface area contributed by atoms with Gasteiger partial charge in [0.15, 0.2) is 0 Å². The minimum absolute atomic E-state index is 0.287. The third kappa shape index (κ3) is 2.33. The molecule has 4 atom stereocenters. The van der Waals surface area contributed by atoms with Crippen LogP contribution in [0.3, 0.4) is 0 Å². The Morgan fingerprint density at radius 3 is 1.79 bits per heavy atom. The van der Waals surface area contributed by atoms with Crippen molar-refractivity contribution in [3.05, 3.63) is 47.6 Å². The van der Waals surface area contributed by atoms with Crippen LogP contribution in [0.25, 0.3) is 0 Å². The molecule has 2 saturated carbocycles. The summed E-state index contributed by atoms with van der Waals surface area (Å²) in [7, 11) is 0. The van der Waals surface area contributed by atoms with E-state index in [2.05, 4.69) is 36.5 Å². The monoisotopic (exact) mass is 328 g/mol. The molecule has 0 saturated heterocycles. The molecule has 19 heavy (non-hydrogen) atoms. The Kier molecular flexibility index (Phi) is 3.52. The zero-order valence-electron chi connectivity index (χ0n) is 11.5. The standard InChI is InChI=1S/2C9H11.Zr/c2*1-2-5-9-7-3-6-8(9)4-1;/h2*1-2,4,6,9H,3,5,7H2;. The van der Waals surface area contributed by atoms with Gasteiger partial charge in [-0.2, -0.15) is 0 Å². The van der Waals surface area contributed by atoms with Gasteiger partial charge in [-0.05, 0) is 0 Å². The van der Waals surface area contributed by atoms with Crippen molar-refractivity contribution in [3.63, 3.8) is 0 Å². The minimum atomic E-state index is -0.287. The summed E-state index contributed by atoms with van der Waals surface area (Å²) in [5.41, 5.74) is 3.73. The summed E-state index contributed by atoms with van der Waals surface area (Å²) in [5.74, 6) is 1.88. The van der Waals surface area contributed by atoms with Crippen LogP contribution in [0.15, 0.2) is 47.6 Å². The van der Waals surface area contributed by atoms with Crippen LogP contribution in [0.2, 0.25) is 7.25 Å². The number of rotatable bonds is 2. The molecule has 4 rings (SSSR count). The first-order valence-electron chi connectivity index (χ1n) is 7.91. The van der Waals surface area contributed by atoms with Gasteiger partial charge >= 0.3 is 128 Å². The van der Waals surface area contributed by atoms with Gasteiger partial charge in [-0.25, -0.2) is 0 Å². The molecule has 98 valence electrons. The Morgan fingerprint density at radius 2 is 1.26 bits per heavy atom. The molecule has 0 heterocycles. The van der Waals surface area contributed by atoms with Gasteiger partial charge in [0.1, 0.15) is 0 Å².